The van der Waals surface area contributed by atoms with E-state index in [2.05, 4.69) is 12.2 Å². The Balaban J connectivity index is 1.77. The summed E-state index contributed by atoms with van der Waals surface area (Å²) < 4.78 is 22.9. The summed E-state index contributed by atoms with van der Waals surface area (Å²) in [6.45, 7) is 2.18. The highest BCUT2D eigenvalue weighted by Gasteiger charge is 2.28. The Labute approximate surface area is 92.6 Å². The fourth-order valence-corrected chi connectivity index (χ4v) is 4.13. The molecule has 0 bridgehead atoms. The lowest BCUT2D eigenvalue weighted by Gasteiger charge is -2.26. The van der Waals surface area contributed by atoms with Crippen LogP contribution in [0.15, 0.2) is 0 Å². The van der Waals surface area contributed by atoms with Crippen molar-refractivity contribution in [3.63, 3.8) is 0 Å². The van der Waals surface area contributed by atoms with E-state index in [-0.39, 0.29) is 6.04 Å². The van der Waals surface area contributed by atoms with E-state index in [1.807, 2.05) is 0 Å². The van der Waals surface area contributed by atoms with Gasteiger partial charge >= 0.3 is 0 Å². The predicted octanol–water partition coefficient (Wildman–Crippen LogP) is 1.34. The summed E-state index contributed by atoms with van der Waals surface area (Å²) in [5.74, 6) is 1.65. The average molecular weight is 231 g/mol. The van der Waals surface area contributed by atoms with Crippen molar-refractivity contribution in [3.05, 3.63) is 0 Å². The summed E-state index contributed by atoms with van der Waals surface area (Å²) in [7, 11) is -2.75. The first-order valence-electron chi connectivity index (χ1n) is 6.01. The average Bonchev–Trinajstić information content (AvgIpc) is 2.85. The molecule has 0 aromatic heterocycles. The molecule has 0 amide bonds. The molecule has 2 unspecified atom stereocenters. The van der Waals surface area contributed by atoms with E-state index in [1.165, 1.54) is 19.3 Å². The number of sulfone groups is 1. The summed E-state index contributed by atoms with van der Waals surface area (Å²) >= 11 is 0. The molecule has 1 aliphatic carbocycles. The Bertz CT molecular complexity index is 309. The lowest BCUT2D eigenvalue weighted by Crippen LogP contribution is -2.44. The van der Waals surface area contributed by atoms with Crippen LogP contribution in [0.5, 0.6) is 0 Å². The molecule has 0 spiro atoms. The van der Waals surface area contributed by atoms with E-state index in [0.717, 1.165) is 18.8 Å². The van der Waals surface area contributed by atoms with Crippen LogP contribution in [0.4, 0.5) is 0 Å². The van der Waals surface area contributed by atoms with Gasteiger partial charge in [-0.05, 0) is 32.1 Å². The van der Waals surface area contributed by atoms with Crippen molar-refractivity contribution in [2.45, 2.75) is 51.1 Å². The van der Waals surface area contributed by atoms with Gasteiger partial charge < -0.3 is 5.32 Å². The van der Waals surface area contributed by atoms with Gasteiger partial charge in [0.05, 0.1) is 11.5 Å². The highest BCUT2D eigenvalue weighted by Crippen LogP contribution is 2.33. The van der Waals surface area contributed by atoms with Crippen LogP contribution in [-0.2, 0) is 9.84 Å². The SMILES string of the molecule is CC(CC1CC1)NC1CCCS(=O)(=O)C1. The van der Waals surface area contributed by atoms with Crippen LogP contribution in [0.1, 0.15) is 39.0 Å². The quantitative estimate of drug-likeness (QED) is 0.794. The molecule has 15 heavy (non-hydrogen) atoms. The van der Waals surface area contributed by atoms with Crippen LogP contribution < -0.4 is 5.32 Å². The molecule has 1 saturated heterocycles. The van der Waals surface area contributed by atoms with Gasteiger partial charge in [0.15, 0.2) is 9.84 Å². The zero-order valence-electron chi connectivity index (χ0n) is 9.41. The zero-order valence-corrected chi connectivity index (χ0v) is 10.2. The minimum atomic E-state index is -2.75. The molecule has 2 atom stereocenters. The smallest absolute Gasteiger partial charge is 0.151 e. The molecule has 4 heteroatoms. The van der Waals surface area contributed by atoms with Gasteiger partial charge in [-0.3, -0.25) is 0 Å². The third kappa shape index (κ3) is 3.76. The highest BCUT2D eigenvalue weighted by atomic mass is 32.2. The second-order valence-corrected chi connectivity index (χ2v) is 7.43. The van der Waals surface area contributed by atoms with Gasteiger partial charge in [0.1, 0.15) is 0 Å². The maximum absolute atomic E-state index is 11.4. The Morgan fingerprint density at radius 3 is 2.67 bits per heavy atom. The third-order valence-corrected chi connectivity index (χ3v) is 5.19. The molecule has 2 fully saturated rings. The van der Waals surface area contributed by atoms with E-state index in [1.54, 1.807) is 0 Å². The highest BCUT2D eigenvalue weighted by molar-refractivity contribution is 7.91. The van der Waals surface area contributed by atoms with Crippen molar-refractivity contribution in [1.29, 1.82) is 0 Å². The first-order valence-corrected chi connectivity index (χ1v) is 7.84. The van der Waals surface area contributed by atoms with E-state index >= 15 is 0 Å². The topological polar surface area (TPSA) is 46.2 Å². The summed E-state index contributed by atoms with van der Waals surface area (Å²) in [6, 6.07) is 0.688. The lowest BCUT2D eigenvalue weighted by atomic mass is 10.1. The predicted molar refractivity (Wildman–Crippen MR) is 61.6 cm³/mol. The minimum Gasteiger partial charge on any atom is -0.310 e. The normalized spacial score (nSPS) is 32.5. The van der Waals surface area contributed by atoms with Gasteiger partial charge in [-0.1, -0.05) is 12.8 Å². The van der Waals surface area contributed by atoms with Gasteiger partial charge in [-0.2, -0.15) is 0 Å². The lowest BCUT2D eigenvalue weighted by molar-refractivity contribution is 0.404. The van der Waals surface area contributed by atoms with Crippen LogP contribution in [0.3, 0.4) is 0 Å². The molecule has 1 aliphatic heterocycles. The zero-order chi connectivity index (χ0) is 10.9. The van der Waals surface area contributed by atoms with Crippen LogP contribution in [0, 0.1) is 5.92 Å². The monoisotopic (exact) mass is 231 g/mol. The maximum Gasteiger partial charge on any atom is 0.151 e. The molecule has 0 aromatic carbocycles. The number of rotatable bonds is 4. The van der Waals surface area contributed by atoms with E-state index in [0.29, 0.717) is 17.5 Å². The van der Waals surface area contributed by atoms with Crippen molar-refractivity contribution in [2.75, 3.05) is 11.5 Å². The van der Waals surface area contributed by atoms with Crippen molar-refractivity contribution < 1.29 is 8.42 Å². The molecule has 3 nitrogen and oxygen atoms in total. The van der Waals surface area contributed by atoms with Gasteiger partial charge in [0.25, 0.3) is 0 Å². The van der Waals surface area contributed by atoms with Crippen LogP contribution in [0.2, 0.25) is 0 Å². The fourth-order valence-electron chi connectivity index (χ4n) is 2.48. The van der Waals surface area contributed by atoms with Gasteiger partial charge in [-0.15, -0.1) is 0 Å². The second kappa shape index (κ2) is 4.42. The number of hydrogen-bond donors (Lipinski definition) is 1. The van der Waals surface area contributed by atoms with Crippen molar-refractivity contribution >= 4 is 9.84 Å². The molecule has 1 heterocycles. The van der Waals surface area contributed by atoms with E-state index < -0.39 is 9.84 Å². The first kappa shape index (κ1) is 11.4. The van der Waals surface area contributed by atoms with Crippen LogP contribution in [0.25, 0.3) is 0 Å². The molecule has 88 valence electrons. The summed E-state index contributed by atoms with van der Waals surface area (Å²) in [6.07, 6.45) is 5.81. The summed E-state index contributed by atoms with van der Waals surface area (Å²) in [4.78, 5) is 0. The van der Waals surface area contributed by atoms with Gasteiger partial charge in [0, 0.05) is 12.1 Å². The van der Waals surface area contributed by atoms with Gasteiger partial charge in [0.2, 0.25) is 0 Å². The Morgan fingerprint density at radius 1 is 1.33 bits per heavy atom. The molecule has 0 aromatic rings. The number of hydrogen-bond acceptors (Lipinski definition) is 3. The second-order valence-electron chi connectivity index (χ2n) is 5.20. The molecule has 1 saturated carbocycles. The first-order chi connectivity index (χ1) is 7.05. The van der Waals surface area contributed by atoms with Crippen molar-refractivity contribution in [2.24, 2.45) is 5.92 Å². The minimum absolute atomic E-state index is 0.206. The standard InChI is InChI=1S/C11H21NO2S/c1-9(7-10-4-5-10)12-11-3-2-6-15(13,14)8-11/h9-12H,2-8H2,1H3. The van der Waals surface area contributed by atoms with E-state index in [4.69, 9.17) is 0 Å². The third-order valence-electron chi connectivity index (χ3n) is 3.37. The summed E-state index contributed by atoms with van der Waals surface area (Å²) in [5, 5.41) is 3.47. The van der Waals surface area contributed by atoms with Crippen molar-refractivity contribution in [3.8, 4) is 0 Å². The molecular formula is C11H21NO2S. The van der Waals surface area contributed by atoms with Gasteiger partial charge in [-0.25, -0.2) is 8.42 Å². The van der Waals surface area contributed by atoms with Crippen LogP contribution in [-0.4, -0.2) is 32.0 Å². The Morgan fingerprint density at radius 2 is 2.07 bits per heavy atom. The fraction of sp³-hybridized carbons (Fsp3) is 1.00. The largest absolute Gasteiger partial charge is 0.310 e. The molecule has 2 aliphatic rings. The molecular weight excluding hydrogens is 210 g/mol. The van der Waals surface area contributed by atoms with E-state index in [9.17, 15) is 8.42 Å². The Hall–Kier alpha value is -0.0900. The Kier molecular flexibility index (Phi) is 3.36. The maximum atomic E-state index is 11.4. The van der Waals surface area contributed by atoms with Crippen molar-refractivity contribution in [1.82, 2.24) is 5.32 Å². The molecule has 2 rings (SSSR count). The molecule has 0 radical (unpaired) electrons. The molecule has 1 N–H and O–H groups in total. The summed E-state index contributed by atoms with van der Waals surface area (Å²) in [5.41, 5.74) is 0. The number of nitrogens with one attached hydrogen (secondary N) is 1. The van der Waals surface area contributed by atoms with Crippen LogP contribution >= 0.6 is 0 Å².